The number of aldehydes is 1. The number of aromatic carboxylic acids is 1. The van der Waals surface area contributed by atoms with E-state index >= 15 is 0 Å². The number of halogens is 1. The Balaban J connectivity index is 3.16. The highest BCUT2D eigenvalue weighted by atomic mass is 127. The van der Waals surface area contributed by atoms with Crippen LogP contribution >= 0.6 is 20.7 Å². The van der Waals surface area contributed by atoms with Crippen LogP contribution in [0.25, 0.3) is 0 Å². The van der Waals surface area contributed by atoms with E-state index in [1.807, 2.05) is 0 Å². The number of nitrogens with one attached hydrogen (secondary N) is 1. The van der Waals surface area contributed by atoms with Crippen LogP contribution in [0.4, 0.5) is 5.69 Å². The van der Waals surface area contributed by atoms with E-state index in [1.165, 1.54) is 0 Å². The van der Waals surface area contributed by atoms with Gasteiger partial charge in [-0.1, -0.05) is 31.3 Å². The molecule has 0 radical (unpaired) electrons. The van der Waals surface area contributed by atoms with Gasteiger partial charge < -0.3 is 5.11 Å². The van der Waals surface area contributed by atoms with Gasteiger partial charge in [-0.05, 0) is 12.1 Å². The molecule has 84 valence electrons. The fourth-order valence-electron chi connectivity index (χ4n) is 1.08. The molecule has 0 atom stereocenters. The molecule has 1 aromatic carbocycles. The number of carboxylic acids is 1. The molecule has 0 aliphatic carbocycles. The van der Waals surface area contributed by atoms with Gasteiger partial charge in [0.25, 0.3) is 0 Å². The first-order valence-corrected chi connectivity index (χ1v) is 6.78. The molecule has 1 aromatic rings. The van der Waals surface area contributed by atoms with Gasteiger partial charge in [0.2, 0.25) is 0 Å². The van der Waals surface area contributed by atoms with Crippen molar-refractivity contribution in [2.24, 2.45) is 5.10 Å². The van der Waals surface area contributed by atoms with Gasteiger partial charge in [0.05, 0.1) is 17.5 Å². The zero-order valence-electron chi connectivity index (χ0n) is 8.18. The van der Waals surface area contributed by atoms with Crippen LogP contribution < -0.4 is 5.43 Å². The Hall–Kier alpha value is -1.57. The van der Waals surface area contributed by atoms with E-state index in [0.717, 1.165) is 9.78 Å². The minimum atomic E-state index is -1.03. The first-order chi connectivity index (χ1) is 7.70. The Morgan fingerprint density at radius 3 is 2.88 bits per heavy atom. The van der Waals surface area contributed by atoms with Crippen LogP contribution in [0, 0.1) is 3.57 Å². The Morgan fingerprint density at radius 1 is 1.56 bits per heavy atom. The van der Waals surface area contributed by atoms with Crippen LogP contribution in [0.3, 0.4) is 0 Å². The van der Waals surface area contributed by atoms with Crippen molar-refractivity contribution in [3.8, 4) is 0 Å². The lowest BCUT2D eigenvalue weighted by atomic mass is 10.2. The third-order valence-electron chi connectivity index (χ3n) is 1.69. The minimum Gasteiger partial charge on any atom is -0.478 e. The number of rotatable bonds is 5. The number of nitrogens with zero attached hydrogens (tertiary/aromatic N) is 1. The molecule has 0 amide bonds. The molecule has 16 heavy (non-hydrogen) atoms. The molecule has 0 aromatic heterocycles. The van der Waals surface area contributed by atoms with Crippen LogP contribution in [0.2, 0.25) is 0 Å². The molecule has 2 N–H and O–H groups in total. The number of anilines is 1. The van der Waals surface area contributed by atoms with Crippen molar-refractivity contribution in [1.29, 1.82) is 0 Å². The van der Waals surface area contributed by atoms with Gasteiger partial charge in [0, 0.05) is 3.57 Å². The van der Waals surface area contributed by atoms with Gasteiger partial charge in [-0.15, -0.1) is 0 Å². The Morgan fingerprint density at radius 2 is 2.31 bits per heavy atom. The highest BCUT2D eigenvalue weighted by Crippen LogP contribution is 2.23. The van der Waals surface area contributed by atoms with Crippen molar-refractivity contribution in [3.63, 3.8) is 0 Å². The van der Waals surface area contributed by atoms with E-state index in [0.29, 0.717) is 12.0 Å². The Labute approximate surface area is 102 Å². The van der Waals surface area contributed by atoms with Gasteiger partial charge in [0.15, 0.2) is 6.29 Å². The maximum Gasteiger partial charge on any atom is 0.338 e. The highest BCUT2D eigenvalue weighted by Gasteiger charge is 2.13. The lowest BCUT2D eigenvalue weighted by Gasteiger charge is -2.07. The Bertz CT molecular complexity index is 457. The number of carboxylic acid groups (broad SMARTS) is 1. The third-order valence-corrected chi connectivity index (χ3v) is 3.41. The molecule has 1 rings (SSSR count). The van der Waals surface area contributed by atoms with E-state index in [9.17, 15) is 9.59 Å². The second-order valence-corrected chi connectivity index (χ2v) is 4.55. The predicted molar refractivity (Wildman–Crippen MR) is 71.4 cm³/mol. The van der Waals surface area contributed by atoms with Crippen LogP contribution in [-0.4, -0.2) is 28.1 Å². The van der Waals surface area contributed by atoms with E-state index < -0.39 is 26.7 Å². The second kappa shape index (κ2) is 6.11. The average Bonchev–Trinajstić information content (AvgIpc) is 2.28. The lowest BCUT2D eigenvalue weighted by molar-refractivity contribution is -0.102. The summed E-state index contributed by atoms with van der Waals surface area (Å²) < 4.78 is 4.48. The fraction of sp³-hybridized carbons (Fsp3) is 0. The molecular weight excluding hydrogens is 323 g/mol. The summed E-state index contributed by atoms with van der Waals surface area (Å²) in [5, 5.41) is 12.6. The number of carbonyl (C=O) groups excluding carboxylic acids is 1. The van der Waals surface area contributed by atoms with Crippen molar-refractivity contribution < 1.29 is 14.7 Å². The maximum atomic E-state index is 11.1. The molecule has 0 unspecified atom stereocenters. The van der Waals surface area contributed by atoms with Crippen molar-refractivity contribution >= 4 is 49.4 Å². The summed E-state index contributed by atoms with van der Waals surface area (Å²) in [6.07, 6.45) is 1.52. The summed E-state index contributed by atoms with van der Waals surface area (Å²) in [7, 11) is 0. The van der Waals surface area contributed by atoms with E-state index in [-0.39, 0.29) is 5.56 Å². The third kappa shape index (κ3) is 2.96. The molecule has 0 heterocycles. The van der Waals surface area contributed by atoms with Crippen molar-refractivity contribution in [1.82, 2.24) is 0 Å². The Kier molecular flexibility index (Phi) is 4.77. The molecule has 6 heteroatoms. The molecule has 0 aliphatic heterocycles. The van der Waals surface area contributed by atoms with E-state index in [1.54, 1.807) is 18.2 Å². The standard InChI is InChI=1S/C10H9IN2O3/c1-11-7-3-2-4-8(9(7)10(15)16)13-12-5-6-14/h2-6,13H,1H2,(H,15,16)/b12-5+. The average molecular weight is 332 g/mol. The molecule has 0 saturated carbocycles. The van der Waals surface area contributed by atoms with Crippen LogP contribution in [0.1, 0.15) is 10.4 Å². The lowest BCUT2D eigenvalue weighted by Crippen LogP contribution is -2.05. The first-order valence-electron chi connectivity index (χ1n) is 4.18. The summed E-state index contributed by atoms with van der Waals surface area (Å²) >= 11 is -0.575. The van der Waals surface area contributed by atoms with Gasteiger partial charge in [-0.2, -0.15) is 5.10 Å². The zero-order chi connectivity index (χ0) is 12.0. The zero-order valence-corrected chi connectivity index (χ0v) is 10.3. The predicted octanol–water partition coefficient (Wildman–Crippen LogP) is 1.55. The molecule has 0 spiro atoms. The smallest absolute Gasteiger partial charge is 0.338 e. The van der Waals surface area contributed by atoms with Crippen LogP contribution in [-0.2, 0) is 4.79 Å². The largest absolute Gasteiger partial charge is 0.478 e. The normalized spacial score (nSPS) is 10.2. The summed E-state index contributed by atoms with van der Waals surface area (Å²) in [5.41, 5.74) is 3.06. The van der Waals surface area contributed by atoms with E-state index in [2.05, 4.69) is 15.0 Å². The summed E-state index contributed by atoms with van der Waals surface area (Å²) in [5.74, 6) is -1.03. The van der Waals surface area contributed by atoms with Crippen molar-refractivity contribution in [2.45, 2.75) is 0 Å². The van der Waals surface area contributed by atoms with Gasteiger partial charge in [-0.25, -0.2) is 4.79 Å². The molecule has 5 nitrogen and oxygen atoms in total. The monoisotopic (exact) mass is 332 g/mol. The van der Waals surface area contributed by atoms with Gasteiger partial charge in [-0.3, -0.25) is 10.2 Å². The fourth-order valence-corrected chi connectivity index (χ4v) is 2.45. The number of hydrogen-bond donors (Lipinski definition) is 2. The number of carbonyl (C=O) groups is 2. The maximum absolute atomic E-state index is 11.1. The van der Waals surface area contributed by atoms with E-state index in [4.69, 9.17) is 5.11 Å². The van der Waals surface area contributed by atoms with Crippen molar-refractivity contribution in [2.75, 3.05) is 5.43 Å². The molecule has 0 fully saturated rings. The molecule has 0 saturated heterocycles. The minimum absolute atomic E-state index is 0.174. The summed E-state index contributed by atoms with van der Waals surface area (Å²) in [6, 6.07) is 5.05. The van der Waals surface area contributed by atoms with Crippen LogP contribution in [0.5, 0.6) is 0 Å². The number of benzene rings is 1. The summed E-state index contributed by atoms with van der Waals surface area (Å²) in [4.78, 5) is 21.1. The SMILES string of the molecule is C=Ic1cccc(N/N=C/C=O)c1C(=O)O. The molecule has 0 aliphatic rings. The highest BCUT2D eigenvalue weighted by molar-refractivity contribution is 14.2. The first kappa shape index (κ1) is 12.5. The van der Waals surface area contributed by atoms with Gasteiger partial charge >= 0.3 is 5.97 Å². The second-order valence-electron chi connectivity index (χ2n) is 2.63. The molecular formula is C10H9IN2O3. The van der Waals surface area contributed by atoms with Crippen molar-refractivity contribution in [3.05, 3.63) is 27.3 Å². The number of hydrazone groups is 1. The summed E-state index contributed by atoms with van der Waals surface area (Å²) in [6.45, 7) is 0. The topological polar surface area (TPSA) is 78.8 Å². The van der Waals surface area contributed by atoms with Gasteiger partial charge in [0.1, 0.15) is 0 Å². The van der Waals surface area contributed by atoms with Crippen LogP contribution in [0.15, 0.2) is 23.3 Å². The molecule has 0 bridgehead atoms. The quantitative estimate of drug-likeness (QED) is 0.371. The number of hydrogen-bond acceptors (Lipinski definition) is 4.